The second kappa shape index (κ2) is 1.50. The van der Waals surface area contributed by atoms with Gasteiger partial charge in [0.05, 0.1) is 11.7 Å². The molecule has 1 heterocycles. The number of ether oxygens (including phenoxy) is 1. The fourth-order valence-corrected chi connectivity index (χ4v) is 1.71. The SMILES string of the molecule is C[C@@]1(O)CCC[C@H]2O[C@H]21. The summed E-state index contributed by atoms with van der Waals surface area (Å²) in [6.45, 7) is 1.87. The van der Waals surface area contributed by atoms with Crippen LogP contribution in [0.15, 0.2) is 0 Å². The third-order valence-corrected chi connectivity index (χ3v) is 2.37. The van der Waals surface area contributed by atoms with E-state index in [2.05, 4.69) is 0 Å². The minimum atomic E-state index is -0.511. The van der Waals surface area contributed by atoms with Crippen molar-refractivity contribution in [1.29, 1.82) is 0 Å². The summed E-state index contributed by atoms with van der Waals surface area (Å²) in [5.74, 6) is 0. The van der Waals surface area contributed by atoms with Crippen LogP contribution in [0.25, 0.3) is 0 Å². The van der Waals surface area contributed by atoms with Gasteiger partial charge in [0.2, 0.25) is 0 Å². The molecule has 2 heteroatoms. The number of aliphatic hydroxyl groups is 1. The van der Waals surface area contributed by atoms with Crippen molar-refractivity contribution in [3.63, 3.8) is 0 Å². The van der Waals surface area contributed by atoms with E-state index in [0.29, 0.717) is 6.10 Å². The summed E-state index contributed by atoms with van der Waals surface area (Å²) in [5, 5.41) is 9.56. The van der Waals surface area contributed by atoms with Gasteiger partial charge in [0, 0.05) is 0 Å². The van der Waals surface area contributed by atoms with Gasteiger partial charge in [-0.25, -0.2) is 0 Å². The van der Waals surface area contributed by atoms with Crippen molar-refractivity contribution in [2.75, 3.05) is 0 Å². The number of fused-ring (bicyclic) bond motifs is 1. The topological polar surface area (TPSA) is 32.8 Å². The van der Waals surface area contributed by atoms with Gasteiger partial charge in [-0.05, 0) is 26.2 Å². The number of epoxide rings is 1. The molecule has 1 N–H and O–H groups in total. The van der Waals surface area contributed by atoms with E-state index in [4.69, 9.17) is 4.74 Å². The molecule has 2 aliphatic rings. The Kier molecular flexibility index (Phi) is 0.945. The van der Waals surface area contributed by atoms with Crippen LogP contribution in [-0.2, 0) is 4.74 Å². The van der Waals surface area contributed by atoms with Crippen molar-refractivity contribution in [2.45, 2.75) is 44.0 Å². The predicted molar refractivity (Wildman–Crippen MR) is 33.1 cm³/mol. The third-order valence-electron chi connectivity index (χ3n) is 2.37. The van der Waals surface area contributed by atoms with Crippen LogP contribution in [0.1, 0.15) is 26.2 Å². The highest BCUT2D eigenvalue weighted by atomic mass is 16.6. The zero-order valence-corrected chi connectivity index (χ0v) is 5.63. The van der Waals surface area contributed by atoms with Crippen molar-refractivity contribution in [3.8, 4) is 0 Å². The molecule has 1 aliphatic carbocycles. The van der Waals surface area contributed by atoms with E-state index in [1.54, 1.807) is 0 Å². The highest BCUT2D eigenvalue weighted by Gasteiger charge is 2.53. The highest BCUT2D eigenvalue weighted by Crippen LogP contribution is 2.42. The summed E-state index contributed by atoms with van der Waals surface area (Å²) >= 11 is 0. The van der Waals surface area contributed by atoms with Crippen LogP contribution in [0.4, 0.5) is 0 Å². The fraction of sp³-hybridized carbons (Fsp3) is 1.00. The van der Waals surface area contributed by atoms with Gasteiger partial charge in [-0.2, -0.15) is 0 Å². The van der Waals surface area contributed by atoms with E-state index < -0.39 is 5.60 Å². The quantitative estimate of drug-likeness (QED) is 0.487. The molecule has 0 radical (unpaired) electrons. The van der Waals surface area contributed by atoms with Gasteiger partial charge < -0.3 is 9.84 Å². The molecule has 2 rings (SSSR count). The molecule has 2 nitrogen and oxygen atoms in total. The van der Waals surface area contributed by atoms with Gasteiger partial charge in [-0.1, -0.05) is 0 Å². The molecule has 52 valence electrons. The molecule has 1 aliphatic heterocycles. The Morgan fingerprint density at radius 1 is 1.67 bits per heavy atom. The normalized spacial score (nSPS) is 56.7. The minimum Gasteiger partial charge on any atom is -0.387 e. The molecule has 0 amide bonds. The third kappa shape index (κ3) is 0.775. The van der Waals surface area contributed by atoms with E-state index >= 15 is 0 Å². The number of rotatable bonds is 0. The van der Waals surface area contributed by atoms with Gasteiger partial charge in [-0.3, -0.25) is 0 Å². The van der Waals surface area contributed by atoms with E-state index in [-0.39, 0.29) is 6.10 Å². The molecule has 9 heavy (non-hydrogen) atoms. The molecular weight excluding hydrogens is 116 g/mol. The number of hydrogen-bond acceptors (Lipinski definition) is 2. The van der Waals surface area contributed by atoms with Crippen molar-refractivity contribution in [2.24, 2.45) is 0 Å². The maximum absolute atomic E-state index is 9.56. The monoisotopic (exact) mass is 128 g/mol. The lowest BCUT2D eigenvalue weighted by molar-refractivity contribution is 0.0174. The summed E-state index contributed by atoms with van der Waals surface area (Å²) in [6.07, 6.45) is 3.75. The van der Waals surface area contributed by atoms with Gasteiger partial charge in [0.1, 0.15) is 6.10 Å². The van der Waals surface area contributed by atoms with Crippen LogP contribution in [-0.4, -0.2) is 22.9 Å². The van der Waals surface area contributed by atoms with Crippen molar-refractivity contribution in [3.05, 3.63) is 0 Å². The largest absolute Gasteiger partial charge is 0.387 e. The molecule has 1 saturated carbocycles. The summed E-state index contributed by atoms with van der Waals surface area (Å²) in [6, 6.07) is 0. The van der Waals surface area contributed by atoms with E-state index in [1.807, 2.05) is 6.92 Å². The van der Waals surface area contributed by atoms with E-state index in [1.165, 1.54) is 0 Å². The molecule has 1 saturated heterocycles. The summed E-state index contributed by atoms with van der Waals surface area (Å²) < 4.78 is 5.24. The van der Waals surface area contributed by atoms with Crippen LogP contribution < -0.4 is 0 Å². The molecular formula is C7H12O2. The standard InChI is InChI=1S/C7H12O2/c1-7(8)4-2-3-5-6(7)9-5/h5-6,8H,2-4H2,1H3/t5-,6-,7-/m1/s1. The molecule has 0 aromatic rings. The maximum atomic E-state index is 9.56. The maximum Gasteiger partial charge on any atom is 0.112 e. The van der Waals surface area contributed by atoms with Gasteiger partial charge >= 0.3 is 0 Å². The fourth-order valence-electron chi connectivity index (χ4n) is 1.71. The Labute approximate surface area is 54.8 Å². The molecule has 0 unspecified atom stereocenters. The molecule has 0 bridgehead atoms. The van der Waals surface area contributed by atoms with Gasteiger partial charge in [0.25, 0.3) is 0 Å². The second-order valence-electron chi connectivity index (χ2n) is 3.34. The Morgan fingerprint density at radius 3 is 3.00 bits per heavy atom. The summed E-state index contributed by atoms with van der Waals surface area (Å²) in [4.78, 5) is 0. The Morgan fingerprint density at radius 2 is 2.44 bits per heavy atom. The van der Waals surface area contributed by atoms with Gasteiger partial charge in [0.15, 0.2) is 0 Å². The van der Waals surface area contributed by atoms with Crippen LogP contribution >= 0.6 is 0 Å². The average molecular weight is 128 g/mol. The average Bonchev–Trinajstić information content (AvgIpc) is 2.43. The lowest BCUT2D eigenvalue weighted by Crippen LogP contribution is -2.35. The first-order chi connectivity index (χ1) is 4.20. The smallest absolute Gasteiger partial charge is 0.112 e. The lowest BCUT2D eigenvalue weighted by atomic mass is 9.87. The van der Waals surface area contributed by atoms with Crippen LogP contribution in [0.3, 0.4) is 0 Å². The van der Waals surface area contributed by atoms with Crippen molar-refractivity contribution in [1.82, 2.24) is 0 Å². The van der Waals surface area contributed by atoms with Crippen molar-refractivity contribution < 1.29 is 9.84 Å². The zero-order valence-electron chi connectivity index (χ0n) is 5.63. The zero-order chi connectivity index (χ0) is 6.48. The molecule has 3 atom stereocenters. The predicted octanol–water partition coefficient (Wildman–Crippen LogP) is 0.689. The highest BCUT2D eigenvalue weighted by molar-refractivity contribution is 5.02. The van der Waals surface area contributed by atoms with Crippen LogP contribution in [0.2, 0.25) is 0 Å². The first-order valence-electron chi connectivity index (χ1n) is 3.58. The molecule has 0 aromatic heterocycles. The first kappa shape index (κ1) is 5.69. The Bertz CT molecular complexity index is 131. The minimum absolute atomic E-state index is 0.172. The molecule has 0 aromatic carbocycles. The Balaban J connectivity index is 2.09. The van der Waals surface area contributed by atoms with Crippen LogP contribution in [0.5, 0.6) is 0 Å². The Hall–Kier alpha value is -0.0800. The van der Waals surface area contributed by atoms with Gasteiger partial charge in [-0.15, -0.1) is 0 Å². The summed E-state index contributed by atoms with van der Waals surface area (Å²) in [5.41, 5.74) is -0.511. The van der Waals surface area contributed by atoms with Crippen LogP contribution in [0, 0.1) is 0 Å². The lowest BCUT2D eigenvalue weighted by Gasteiger charge is -2.23. The van der Waals surface area contributed by atoms with E-state index in [9.17, 15) is 5.11 Å². The summed E-state index contributed by atoms with van der Waals surface area (Å²) in [7, 11) is 0. The second-order valence-corrected chi connectivity index (χ2v) is 3.34. The van der Waals surface area contributed by atoms with E-state index in [0.717, 1.165) is 19.3 Å². The van der Waals surface area contributed by atoms with Crippen molar-refractivity contribution >= 4 is 0 Å². The molecule has 0 spiro atoms. The number of hydrogen-bond donors (Lipinski definition) is 1. The first-order valence-corrected chi connectivity index (χ1v) is 3.58. The molecule has 2 fully saturated rings.